The minimum Gasteiger partial charge on any atom is -0.549 e. The van der Waals surface area contributed by atoms with Crippen LogP contribution < -0.4 is 20.1 Å². The Morgan fingerprint density at radius 1 is 1.17 bits per heavy atom. The number of fused-ring (bicyclic) bond motifs is 3. The second-order valence-electron chi connectivity index (χ2n) is 6.13. The molecule has 0 radical (unpaired) electrons. The average Bonchev–Trinajstić information content (AvgIpc) is 3.11. The summed E-state index contributed by atoms with van der Waals surface area (Å²) in [5.41, 5.74) is 1.72. The molecule has 0 aliphatic heterocycles. The van der Waals surface area contributed by atoms with Crippen molar-refractivity contribution < 1.29 is 19.4 Å². The number of hydrogen-bond donors (Lipinski definition) is 1. The monoisotopic (exact) mass is 410 g/mol. The Bertz CT molecular complexity index is 1290. The predicted octanol–water partition coefficient (Wildman–Crippen LogP) is 1.73. The van der Waals surface area contributed by atoms with E-state index in [4.69, 9.17) is 9.47 Å². The van der Waals surface area contributed by atoms with E-state index >= 15 is 0 Å². The molecule has 29 heavy (non-hydrogen) atoms. The molecule has 0 fully saturated rings. The molecule has 2 aromatic carbocycles. The second-order valence-corrected chi connectivity index (χ2v) is 7.07. The summed E-state index contributed by atoms with van der Waals surface area (Å²) in [5, 5.41) is 12.1. The molecule has 0 bridgehead atoms. The lowest BCUT2D eigenvalue weighted by Gasteiger charge is -2.14. The van der Waals surface area contributed by atoms with Gasteiger partial charge in [0.25, 0.3) is 5.56 Å². The number of benzene rings is 2. The van der Waals surface area contributed by atoms with E-state index in [1.807, 2.05) is 24.3 Å². The quantitative estimate of drug-likeness (QED) is 0.381. The number of nitrogens with zero attached hydrogens (tertiary/aromatic N) is 2. The van der Waals surface area contributed by atoms with Gasteiger partial charge in [-0.3, -0.25) is 9.36 Å². The van der Waals surface area contributed by atoms with Crippen molar-refractivity contribution in [1.82, 2.24) is 14.5 Å². The zero-order chi connectivity index (χ0) is 20.5. The van der Waals surface area contributed by atoms with Gasteiger partial charge in [0.2, 0.25) is 0 Å². The van der Waals surface area contributed by atoms with Gasteiger partial charge in [-0.1, -0.05) is 30.0 Å². The van der Waals surface area contributed by atoms with Gasteiger partial charge in [-0.05, 0) is 18.2 Å². The van der Waals surface area contributed by atoms with Crippen LogP contribution in [0.2, 0.25) is 0 Å². The number of hydrogen-bond acceptors (Lipinski definition) is 7. The summed E-state index contributed by atoms with van der Waals surface area (Å²) in [6.07, 6.45) is 0. The molecule has 1 N–H and O–H groups in total. The fourth-order valence-electron chi connectivity index (χ4n) is 3.15. The molecule has 0 saturated heterocycles. The van der Waals surface area contributed by atoms with Gasteiger partial charge in [0.15, 0.2) is 16.7 Å². The maximum absolute atomic E-state index is 13.4. The number of carboxylic acid groups (broad SMARTS) is 1. The number of aliphatic carboxylic acids is 1. The lowest BCUT2D eigenvalue weighted by Crippen LogP contribution is -2.26. The van der Waals surface area contributed by atoms with Gasteiger partial charge in [0.1, 0.15) is 11.0 Å². The number of ether oxygens (including phenoxy) is 2. The van der Waals surface area contributed by atoms with Crippen molar-refractivity contribution in [3.8, 4) is 17.2 Å². The molecule has 0 amide bonds. The van der Waals surface area contributed by atoms with E-state index in [2.05, 4.69) is 9.97 Å². The number of carbonyl (C=O) groups excluding carboxylic acids is 1. The third-order valence-corrected chi connectivity index (χ3v) is 5.35. The lowest BCUT2D eigenvalue weighted by molar-refractivity contribution is -0.301. The molecular weight excluding hydrogens is 394 g/mol. The zero-order valence-electron chi connectivity index (χ0n) is 15.6. The number of H-pyrrole nitrogens is 1. The SMILES string of the molecule is COc1ccc(-n2c(SCC(=O)[O-])nc3c([nH]c4ccccc43)c2=O)cc1OC. The van der Waals surface area contributed by atoms with Crippen LogP contribution in [-0.2, 0) is 4.79 Å². The van der Waals surface area contributed by atoms with Gasteiger partial charge in [-0.2, -0.15) is 0 Å². The summed E-state index contributed by atoms with van der Waals surface area (Å²) < 4.78 is 11.9. The average molecular weight is 410 g/mol. The van der Waals surface area contributed by atoms with Crippen molar-refractivity contribution in [1.29, 1.82) is 0 Å². The predicted molar refractivity (Wildman–Crippen MR) is 108 cm³/mol. The third kappa shape index (κ3) is 3.29. The van der Waals surface area contributed by atoms with E-state index in [1.165, 1.54) is 18.8 Å². The van der Waals surface area contributed by atoms with Gasteiger partial charge >= 0.3 is 0 Å². The van der Waals surface area contributed by atoms with Crippen molar-refractivity contribution in [2.75, 3.05) is 20.0 Å². The second kappa shape index (κ2) is 7.51. The number of carbonyl (C=O) groups is 1. The first-order chi connectivity index (χ1) is 14.0. The van der Waals surface area contributed by atoms with Crippen LogP contribution in [0.3, 0.4) is 0 Å². The summed E-state index contributed by atoms with van der Waals surface area (Å²) in [6.45, 7) is 0. The smallest absolute Gasteiger partial charge is 0.283 e. The Morgan fingerprint density at radius 3 is 2.66 bits per heavy atom. The van der Waals surface area contributed by atoms with Crippen LogP contribution in [0, 0.1) is 0 Å². The Balaban J connectivity index is 2.01. The van der Waals surface area contributed by atoms with E-state index in [1.54, 1.807) is 18.2 Å². The first-order valence-corrected chi connectivity index (χ1v) is 9.60. The zero-order valence-corrected chi connectivity index (χ0v) is 16.4. The van der Waals surface area contributed by atoms with E-state index in [0.29, 0.717) is 28.2 Å². The molecule has 2 aromatic heterocycles. The Hall–Kier alpha value is -3.46. The van der Waals surface area contributed by atoms with E-state index in [-0.39, 0.29) is 16.5 Å². The molecule has 4 rings (SSSR count). The number of rotatable bonds is 6. The summed E-state index contributed by atoms with van der Waals surface area (Å²) in [4.78, 5) is 32.1. The van der Waals surface area contributed by atoms with Crippen molar-refractivity contribution >= 4 is 39.7 Å². The molecule has 0 aliphatic rings. The number of para-hydroxylation sites is 1. The summed E-state index contributed by atoms with van der Waals surface area (Å²) >= 11 is 0.918. The van der Waals surface area contributed by atoms with Crippen LogP contribution in [0.4, 0.5) is 0 Å². The van der Waals surface area contributed by atoms with Gasteiger partial charge in [0, 0.05) is 22.7 Å². The number of aromatic nitrogens is 3. The van der Waals surface area contributed by atoms with Crippen LogP contribution in [0.1, 0.15) is 0 Å². The Labute approximate surface area is 169 Å². The third-order valence-electron chi connectivity index (χ3n) is 4.44. The molecule has 4 aromatic rings. The molecule has 148 valence electrons. The topological polar surface area (TPSA) is 109 Å². The first kappa shape index (κ1) is 18.9. The van der Waals surface area contributed by atoms with Crippen LogP contribution in [-0.4, -0.2) is 40.5 Å². The number of aromatic amines is 1. The maximum Gasteiger partial charge on any atom is 0.283 e. The molecule has 0 unspecified atom stereocenters. The minimum absolute atomic E-state index is 0.240. The molecule has 2 heterocycles. The Kier molecular flexibility index (Phi) is 4.89. The number of nitrogens with one attached hydrogen (secondary N) is 1. The van der Waals surface area contributed by atoms with E-state index in [0.717, 1.165) is 22.7 Å². The van der Waals surface area contributed by atoms with Crippen LogP contribution in [0.25, 0.3) is 27.6 Å². The number of thioether (sulfide) groups is 1. The standard InChI is InChI=1S/C20H17N3O5S/c1-27-14-8-7-11(9-15(14)28-2)23-19(26)18-17(22-20(23)29-10-16(24)25)12-5-3-4-6-13(12)21-18/h3-9,21H,10H2,1-2H3,(H,24,25)/p-1. The van der Waals surface area contributed by atoms with Gasteiger partial charge in [0.05, 0.1) is 25.9 Å². The number of carboxylic acids is 1. The summed E-state index contributed by atoms with van der Waals surface area (Å²) in [5.74, 6) is -0.646. The van der Waals surface area contributed by atoms with Crippen LogP contribution in [0.5, 0.6) is 11.5 Å². The normalized spacial score (nSPS) is 11.1. The van der Waals surface area contributed by atoms with Crippen molar-refractivity contribution in [2.24, 2.45) is 0 Å². The fourth-order valence-corrected chi connectivity index (χ4v) is 3.87. The Morgan fingerprint density at radius 2 is 1.93 bits per heavy atom. The maximum atomic E-state index is 13.4. The van der Waals surface area contributed by atoms with Crippen molar-refractivity contribution in [3.63, 3.8) is 0 Å². The van der Waals surface area contributed by atoms with Gasteiger partial charge in [-0.25, -0.2) is 4.98 Å². The van der Waals surface area contributed by atoms with Gasteiger partial charge < -0.3 is 24.4 Å². The largest absolute Gasteiger partial charge is 0.549 e. The van der Waals surface area contributed by atoms with Crippen LogP contribution in [0.15, 0.2) is 52.4 Å². The molecule has 9 heteroatoms. The highest BCUT2D eigenvalue weighted by Gasteiger charge is 2.18. The summed E-state index contributed by atoms with van der Waals surface area (Å²) in [7, 11) is 3.01. The van der Waals surface area contributed by atoms with E-state index < -0.39 is 5.97 Å². The molecular formula is C20H16N3O5S-. The fraction of sp³-hybridized carbons (Fsp3) is 0.150. The molecule has 0 saturated carbocycles. The van der Waals surface area contributed by atoms with Crippen LogP contribution >= 0.6 is 11.8 Å². The highest BCUT2D eigenvalue weighted by molar-refractivity contribution is 7.99. The van der Waals surface area contributed by atoms with E-state index in [9.17, 15) is 14.7 Å². The van der Waals surface area contributed by atoms with Gasteiger partial charge in [-0.15, -0.1) is 0 Å². The van der Waals surface area contributed by atoms with Crippen molar-refractivity contribution in [3.05, 3.63) is 52.8 Å². The number of methoxy groups -OCH3 is 2. The highest BCUT2D eigenvalue weighted by Crippen LogP contribution is 2.31. The molecule has 0 atom stereocenters. The highest BCUT2D eigenvalue weighted by atomic mass is 32.2. The summed E-state index contributed by atoms with van der Waals surface area (Å²) in [6, 6.07) is 12.4. The molecule has 0 aliphatic carbocycles. The molecule has 0 spiro atoms. The minimum atomic E-state index is -1.25. The van der Waals surface area contributed by atoms with Crippen molar-refractivity contribution in [2.45, 2.75) is 5.16 Å². The first-order valence-electron chi connectivity index (χ1n) is 8.62. The molecule has 8 nitrogen and oxygen atoms in total. The lowest BCUT2D eigenvalue weighted by atomic mass is 10.2.